The Morgan fingerprint density at radius 3 is 2.85 bits per heavy atom. The van der Waals surface area contributed by atoms with E-state index in [0.29, 0.717) is 5.56 Å². The lowest BCUT2D eigenvalue weighted by atomic mass is 9.85. The smallest absolute Gasteiger partial charge is 0.313 e. The molecule has 2 atom stereocenters. The van der Waals surface area contributed by atoms with Gasteiger partial charge in [0, 0.05) is 10.0 Å². The molecule has 1 fully saturated rings. The van der Waals surface area contributed by atoms with Gasteiger partial charge in [0.05, 0.1) is 19.3 Å². The minimum absolute atomic E-state index is 0.102. The lowest BCUT2D eigenvalue weighted by Gasteiger charge is -2.25. The number of amides is 1. The third-order valence-corrected chi connectivity index (χ3v) is 4.62. The van der Waals surface area contributed by atoms with E-state index in [1.807, 2.05) is 13.0 Å². The van der Waals surface area contributed by atoms with Gasteiger partial charge in [-0.05, 0) is 31.5 Å². The fraction of sp³-hybridized carbons (Fsp3) is 0.429. The van der Waals surface area contributed by atoms with Crippen molar-refractivity contribution in [1.82, 2.24) is 5.32 Å². The highest BCUT2D eigenvalue weighted by molar-refractivity contribution is 9.10. The summed E-state index contributed by atoms with van der Waals surface area (Å²) in [5, 5.41) is 12.1. The van der Waals surface area contributed by atoms with Crippen molar-refractivity contribution in [2.45, 2.75) is 19.9 Å². The molecule has 1 amide bonds. The zero-order valence-corrected chi connectivity index (χ0v) is 12.9. The van der Waals surface area contributed by atoms with Crippen molar-refractivity contribution in [3.05, 3.63) is 33.8 Å². The van der Waals surface area contributed by atoms with Crippen molar-refractivity contribution in [3.63, 3.8) is 0 Å². The first-order valence-corrected chi connectivity index (χ1v) is 7.02. The molecule has 1 aliphatic heterocycles. The Kier molecular flexibility index (Phi) is 4.15. The molecule has 2 unspecified atom stereocenters. The largest absolute Gasteiger partial charge is 0.481 e. The SMILES string of the molecule is Cc1c(Br)cccc1C(=O)NC1COCC1(C)C(=O)O. The summed E-state index contributed by atoms with van der Waals surface area (Å²) >= 11 is 3.37. The molecular formula is C14H16BrNO4. The number of nitrogens with one attached hydrogen (secondary N) is 1. The second kappa shape index (κ2) is 5.54. The summed E-state index contributed by atoms with van der Waals surface area (Å²) in [6, 6.07) is 4.80. The highest BCUT2D eigenvalue weighted by atomic mass is 79.9. The van der Waals surface area contributed by atoms with Crippen molar-refractivity contribution in [2.24, 2.45) is 5.41 Å². The van der Waals surface area contributed by atoms with E-state index in [0.717, 1.165) is 10.0 Å². The van der Waals surface area contributed by atoms with E-state index in [1.54, 1.807) is 19.1 Å². The first-order valence-electron chi connectivity index (χ1n) is 6.23. The fourth-order valence-corrected chi connectivity index (χ4v) is 2.54. The van der Waals surface area contributed by atoms with Crippen molar-refractivity contribution in [3.8, 4) is 0 Å². The van der Waals surface area contributed by atoms with E-state index in [1.165, 1.54) is 0 Å². The average Bonchev–Trinajstić information content (AvgIpc) is 2.75. The quantitative estimate of drug-likeness (QED) is 0.881. The van der Waals surface area contributed by atoms with Crippen LogP contribution in [0.25, 0.3) is 0 Å². The summed E-state index contributed by atoms with van der Waals surface area (Å²) in [5.74, 6) is -1.25. The summed E-state index contributed by atoms with van der Waals surface area (Å²) in [4.78, 5) is 23.6. The van der Waals surface area contributed by atoms with Crippen LogP contribution in [0.5, 0.6) is 0 Å². The summed E-state index contributed by atoms with van der Waals surface area (Å²) < 4.78 is 6.06. The molecule has 108 valence electrons. The molecule has 1 heterocycles. The van der Waals surface area contributed by atoms with Gasteiger partial charge in [-0.25, -0.2) is 0 Å². The van der Waals surface area contributed by atoms with Crippen LogP contribution >= 0.6 is 15.9 Å². The van der Waals surface area contributed by atoms with E-state index >= 15 is 0 Å². The maximum Gasteiger partial charge on any atom is 0.313 e. The number of carboxylic acids is 1. The number of hydrogen-bond donors (Lipinski definition) is 2. The molecule has 20 heavy (non-hydrogen) atoms. The van der Waals surface area contributed by atoms with E-state index < -0.39 is 17.4 Å². The van der Waals surface area contributed by atoms with Crippen molar-refractivity contribution in [2.75, 3.05) is 13.2 Å². The van der Waals surface area contributed by atoms with Gasteiger partial charge in [0.1, 0.15) is 5.41 Å². The van der Waals surface area contributed by atoms with Crippen LogP contribution in [-0.4, -0.2) is 36.2 Å². The maximum absolute atomic E-state index is 12.3. The van der Waals surface area contributed by atoms with Crippen LogP contribution < -0.4 is 5.32 Å². The molecule has 6 heteroatoms. The number of hydrogen-bond acceptors (Lipinski definition) is 3. The van der Waals surface area contributed by atoms with E-state index in [9.17, 15) is 14.7 Å². The Hall–Kier alpha value is -1.40. The Balaban J connectivity index is 2.20. The van der Waals surface area contributed by atoms with Gasteiger partial charge in [0.2, 0.25) is 0 Å². The Morgan fingerprint density at radius 2 is 2.20 bits per heavy atom. The minimum Gasteiger partial charge on any atom is -0.481 e. The molecule has 1 aromatic carbocycles. The molecule has 0 bridgehead atoms. The number of benzene rings is 1. The number of ether oxygens (including phenoxy) is 1. The first-order chi connectivity index (χ1) is 9.36. The van der Waals surface area contributed by atoms with Crippen LogP contribution in [0.1, 0.15) is 22.8 Å². The Bertz CT molecular complexity index is 560. The van der Waals surface area contributed by atoms with E-state index in [-0.39, 0.29) is 19.1 Å². The van der Waals surface area contributed by atoms with Crippen LogP contribution in [0.2, 0.25) is 0 Å². The van der Waals surface area contributed by atoms with E-state index in [4.69, 9.17) is 4.74 Å². The van der Waals surface area contributed by atoms with Gasteiger partial charge in [0.25, 0.3) is 5.91 Å². The average molecular weight is 342 g/mol. The minimum atomic E-state index is -1.09. The Labute approximate surface area is 125 Å². The third-order valence-electron chi connectivity index (χ3n) is 3.76. The highest BCUT2D eigenvalue weighted by Gasteiger charge is 2.47. The lowest BCUT2D eigenvalue weighted by molar-refractivity contribution is -0.148. The van der Waals surface area contributed by atoms with Crippen LogP contribution in [0.4, 0.5) is 0 Å². The molecule has 1 aromatic rings. The van der Waals surface area contributed by atoms with Crippen LogP contribution in [0.15, 0.2) is 22.7 Å². The summed E-state index contributed by atoms with van der Waals surface area (Å²) in [6.07, 6.45) is 0. The van der Waals surface area contributed by atoms with Crippen molar-refractivity contribution in [1.29, 1.82) is 0 Å². The Morgan fingerprint density at radius 1 is 1.50 bits per heavy atom. The number of carbonyl (C=O) groups excluding carboxylic acids is 1. The van der Waals surface area contributed by atoms with Gasteiger partial charge in [-0.1, -0.05) is 22.0 Å². The van der Waals surface area contributed by atoms with E-state index in [2.05, 4.69) is 21.2 Å². The lowest BCUT2D eigenvalue weighted by Crippen LogP contribution is -2.49. The van der Waals surface area contributed by atoms with Gasteiger partial charge >= 0.3 is 5.97 Å². The fourth-order valence-electron chi connectivity index (χ4n) is 2.17. The molecule has 1 aliphatic rings. The molecule has 0 aliphatic carbocycles. The van der Waals surface area contributed by atoms with Gasteiger partial charge < -0.3 is 15.2 Å². The monoisotopic (exact) mass is 341 g/mol. The third kappa shape index (κ3) is 2.58. The standard InChI is InChI=1S/C14H16BrNO4/c1-8-9(4-3-5-10(8)15)12(17)16-11-6-20-7-14(11,2)13(18)19/h3-5,11H,6-7H2,1-2H3,(H,16,17)(H,18,19). The molecule has 0 radical (unpaired) electrons. The normalized spacial score (nSPS) is 25.4. The molecular weight excluding hydrogens is 326 g/mol. The molecule has 1 saturated heterocycles. The van der Waals surface area contributed by atoms with Crippen molar-refractivity contribution < 1.29 is 19.4 Å². The zero-order valence-electron chi connectivity index (χ0n) is 11.3. The summed E-state index contributed by atoms with van der Waals surface area (Å²) in [7, 11) is 0. The molecule has 0 saturated carbocycles. The zero-order chi connectivity index (χ0) is 14.9. The topological polar surface area (TPSA) is 75.6 Å². The second-order valence-electron chi connectivity index (χ2n) is 5.18. The van der Waals surface area contributed by atoms with Crippen LogP contribution in [0.3, 0.4) is 0 Å². The summed E-state index contributed by atoms with van der Waals surface area (Å²) in [5.41, 5.74) is 0.259. The van der Waals surface area contributed by atoms with Crippen molar-refractivity contribution >= 4 is 27.8 Å². The molecule has 0 spiro atoms. The van der Waals surface area contributed by atoms with Gasteiger partial charge in [0.15, 0.2) is 0 Å². The molecule has 0 aromatic heterocycles. The second-order valence-corrected chi connectivity index (χ2v) is 6.03. The summed E-state index contributed by atoms with van der Waals surface area (Å²) in [6.45, 7) is 3.73. The molecule has 2 rings (SSSR count). The number of halogens is 1. The predicted octanol–water partition coefficient (Wildman–Crippen LogP) is 1.98. The number of carbonyl (C=O) groups is 2. The van der Waals surface area contributed by atoms with Gasteiger partial charge in [-0.3, -0.25) is 9.59 Å². The van der Waals surface area contributed by atoms with Crippen LogP contribution in [-0.2, 0) is 9.53 Å². The van der Waals surface area contributed by atoms with Gasteiger partial charge in [-0.2, -0.15) is 0 Å². The van der Waals surface area contributed by atoms with Crippen LogP contribution in [0, 0.1) is 12.3 Å². The number of rotatable bonds is 3. The first kappa shape index (κ1) is 15.0. The maximum atomic E-state index is 12.3. The highest BCUT2D eigenvalue weighted by Crippen LogP contribution is 2.29. The molecule has 2 N–H and O–H groups in total. The number of carboxylic acid groups (broad SMARTS) is 1. The predicted molar refractivity (Wildman–Crippen MR) is 76.7 cm³/mol. The number of aliphatic carboxylic acids is 1. The molecule has 5 nitrogen and oxygen atoms in total. The van der Waals surface area contributed by atoms with Gasteiger partial charge in [-0.15, -0.1) is 0 Å².